The van der Waals surface area contributed by atoms with Gasteiger partial charge >= 0.3 is 30.3 Å². The number of carboxylic acid groups (broad SMARTS) is 1. The van der Waals surface area contributed by atoms with Crippen LogP contribution in [-0.4, -0.2) is 41.1 Å². The first-order chi connectivity index (χ1) is 19.1. The number of hydrogen-bond donors (Lipinski definition) is 2. The van der Waals surface area contributed by atoms with Gasteiger partial charge in [-0.15, -0.1) is 0 Å². The third-order valence-corrected chi connectivity index (χ3v) is 5.38. The van der Waals surface area contributed by atoms with Crippen LogP contribution in [0.5, 0.6) is 0 Å². The molecule has 8 nitrogen and oxygen atoms in total. The van der Waals surface area contributed by atoms with Crippen LogP contribution in [0, 0.1) is 6.92 Å². The number of hydrogen-bond acceptors (Lipinski definition) is 6. The van der Waals surface area contributed by atoms with Crippen molar-refractivity contribution >= 4 is 29.5 Å². The summed E-state index contributed by atoms with van der Waals surface area (Å²) < 4.78 is 88.3. The Kier molecular flexibility index (Phi) is 9.05. The molecule has 0 heterocycles. The summed E-state index contributed by atoms with van der Waals surface area (Å²) in [7, 11) is 0. The van der Waals surface area contributed by atoms with E-state index in [0.29, 0.717) is 29.8 Å². The van der Waals surface area contributed by atoms with Crippen molar-refractivity contribution in [2.24, 2.45) is 0 Å². The number of aliphatic carboxylic acids is 1. The van der Waals surface area contributed by atoms with Gasteiger partial charge in [0, 0.05) is 5.69 Å². The van der Waals surface area contributed by atoms with Crippen LogP contribution in [0.15, 0.2) is 72.8 Å². The van der Waals surface area contributed by atoms with Crippen molar-refractivity contribution in [1.29, 1.82) is 0 Å². The number of halogens is 6. The number of nitrogens with one attached hydrogen (secondary N) is 1. The number of amides is 1. The molecule has 0 saturated carbocycles. The number of carboxylic acids is 1. The van der Waals surface area contributed by atoms with Gasteiger partial charge < -0.3 is 19.9 Å². The van der Waals surface area contributed by atoms with E-state index in [1.54, 1.807) is 13.0 Å². The standard InChI is InChI=1S/C27H19F6NO7/c1-14-5-2-10-19(11-14)34-22(35)20(40-24(38)15-6-3-8-17(12-15)26(28,29)30)21(23(36)37)41-25(39)16-7-4-9-18(13-16)27(31,32)33/h2-13,20-21H,1H3,(H,34,35)(H,36,37)/t20-,21-/m0/s1. The van der Waals surface area contributed by atoms with Crippen molar-refractivity contribution in [1.82, 2.24) is 0 Å². The molecule has 2 N–H and O–H groups in total. The highest BCUT2D eigenvalue weighted by Crippen LogP contribution is 2.31. The fourth-order valence-corrected chi connectivity index (χ4v) is 3.44. The van der Waals surface area contributed by atoms with Gasteiger partial charge in [-0.1, -0.05) is 24.3 Å². The second-order valence-corrected chi connectivity index (χ2v) is 8.51. The van der Waals surface area contributed by atoms with E-state index in [0.717, 1.165) is 24.3 Å². The number of carbonyl (C=O) groups excluding carboxylic acids is 3. The summed E-state index contributed by atoms with van der Waals surface area (Å²) in [4.78, 5) is 50.6. The van der Waals surface area contributed by atoms with E-state index in [-0.39, 0.29) is 5.69 Å². The smallest absolute Gasteiger partial charge is 0.416 e. The van der Waals surface area contributed by atoms with E-state index < -0.39 is 70.6 Å². The van der Waals surface area contributed by atoms with Crippen molar-refractivity contribution in [2.75, 3.05) is 5.32 Å². The molecule has 41 heavy (non-hydrogen) atoms. The molecule has 2 atom stereocenters. The molecule has 1 amide bonds. The fraction of sp³-hybridized carbons (Fsp3) is 0.185. The molecule has 0 aliphatic heterocycles. The zero-order chi connectivity index (χ0) is 30.5. The lowest BCUT2D eigenvalue weighted by molar-refractivity contribution is -0.157. The molecule has 0 aliphatic rings. The van der Waals surface area contributed by atoms with Gasteiger partial charge in [0.1, 0.15) is 0 Å². The fourth-order valence-electron chi connectivity index (χ4n) is 3.44. The van der Waals surface area contributed by atoms with Crippen LogP contribution < -0.4 is 5.32 Å². The van der Waals surface area contributed by atoms with E-state index in [4.69, 9.17) is 9.47 Å². The lowest BCUT2D eigenvalue weighted by Crippen LogP contribution is -2.48. The Bertz CT molecular complexity index is 1470. The van der Waals surface area contributed by atoms with E-state index in [2.05, 4.69) is 5.32 Å². The molecule has 216 valence electrons. The molecular weight excluding hydrogens is 564 g/mol. The van der Waals surface area contributed by atoms with E-state index >= 15 is 0 Å². The minimum atomic E-state index is -4.86. The summed E-state index contributed by atoms with van der Waals surface area (Å²) in [6, 6.07) is 11.5. The summed E-state index contributed by atoms with van der Waals surface area (Å²) >= 11 is 0. The largest absolute Gasteiger partial charge is 0.478 e. The van der Waals surface area contributed by atoms with Gasteiger partial charge in [0.25, 0.3) is 5.91 Å². The predicted octanol–water partition coefficient (Wildman–Crippen LogP) is 5.51. The maximum absolute atomic E-state index is 13.1. The molecule has 0 unspecified atom stereocenters. The highest BCUT2D eigenvalue weighted by atomic mass is 19.4. The Morgan fingerprint density at radius 1 is 0.707 bits per heavy atom. The number of anilines is 1. The average molecular weight is 583 g/mol. The second kappa shape index (κ2) is 12.1. The third kappa shape index (κ3) is 8.06. The summed E-state index contributed by atoms with van der Waals surface area (Å²) in [6.45, 7) is 1.65. The number of benzene rings is 3. The van der Waals surface area contributed by atoms with Crippen LogP contribution in [0.2, 0.25) is 0 Å². The Labute approximate surface area is 227 Å². The predicted molar refractivity (Wildman–Crippen MR) is 129 cm³/mol. The lowest BCUT2D eigenvalue weighted by atomic mass is 10.1. The number of aryl methyl sites for hydroxylation is 1. The molecule has 0 radical (unpaired) electrons. The third-order valence-electron chi connectivity index (χ3n) is 5.38. The minimum absolute atomic E-state index is 0.0865. The van der Waals surface area contributed by atoms with Crippen molar-refractivity contribution in [3.8, 4) is 0 Å². The quantitative estimate of drug-likeness (QED) is 0.265. The first-order valence-electron chi connectivity index (χ1n) is 11.4. The van der Waals surface area contributed by atoms with Crippen LogP contribution >= 0.6 is 0 Å². The highest BCUT2D eigenvalue weighted by molar-refractivity contribution is 6.01. The molecule has 3 rings (SSSR count). The van der Waals surface area contributed by atoms with Gasteiger partial charge in [0.05, 0.1) is 22.3 Å². The van der Waals surface area contributed by atoms with Gasteiger partial charge in [-0.3, -0.25) is 4.79 Å². The molecule has 0 bridgehead atoms. The van der Waals surface area contributed by atoms with Crippen LogP contribution in [0.25, 0.3) is 0 Å². The topological polar surface area (TPSA) is 119 Å². The summed E-state index contributed by atoms with van der Waals surface area (Å²) in [6.07, 6.45) is -14.8. The van der Waals surface area contributed by atoms with Crippen molar-refractivity contribution in [2.45, 2.75) is 31.5 Å². The summed E-state index contributed by atoms with van der Waals surface area (Å²) in [5.74, 6) is -6.61. The summed E-state index contributed by atoms with van der Waals surface area (Å²) in [5.41, 5.74) is -3.24. The monoisotopic (exact) mass is 583 g/mol. The van der Waals surface area contributed by atoms with Gasteiger partial charge in [-0.05, 0) is 61.0 Å². The Hall–Kier alpha value is -4.88. The number of esters is 2. The Balaban J connectivity index is 1.97. The van der Waals surface area contributed by atoms with Crippen LogP contribution in [0.4, 0.5) is 32.0 Å². The molecule has 0 aliphatic carbocycles. The number of alkyl halides is 6. The first kappa shape index (κ1) is 30.7. The zero-order valence-corrected chi connectivity index (χ0v) is 20.7. The highest BCUT2D eigenvalue weighted by Gasteiger charge is 2.42. The van der Waals surface area contributed by atoms with Crippen molar-refractivity contribution in [3.05, 3.63) is 101 Å². The molecule has 0 aromatic heterocycles. The van der Waals surface area contributed by atoms with Gasteiger partial charge in [-0.2, -0.15) is 26.3 Å². The van der Waals surface area contributed by atoms with Crippen molar-refractivity contribution < 1.29 is 60.1 Å². The van der Waals surface area contributed by atoms with Crippen molar-refractivity contribution in [3.63, 3.8) is 0 Å². The lowest BCUT2D eigenvalue weighted by Gasteiger charge is -2.24. The molecular formula is C27H19F6NO7. The van der Waals surface area contributed by atoms with Gasteiger partial charge in [-0.25, -0.2) is 14.4 Å². The zero-order valence-electron chi connectivity index (χ0n) is 20.7. The molecule has 3 aromatic carbocycles. The average Bonchev–Trinajstić information content (AvgIpc) is 2.89. The number of carbonyl (C=O) groups is 4. The van der Waals surface area contributed by atoms with Crippen LogP contribution in [-0.2, 0) is 31.4 Å². The molecule has 14 heteroatoms. The molecule has 0 fully saturated rings. The van der Waals surface area contributed by atoms with Crippen LogP contribution in [0.1, 0.15) is 37.4 Å². The van der Waals surface area contributed by atoms with Crippen LogP contribution in [0.3, 0.4) is 0 Å². The Morgan fingerprint density at radius 2 is 1.17 bits per heavy atom. The number of rotatable bonds is 8. The number of ether oxygens (including phenoxy) is 2. The van der Waals surface area contributed by atoms with E-state index in [9.17, 15) is 50.6 Å². The second-order valence-electron chi connectivity index (χ2n) is 8.51. The normalized spacial score (nSPS) is 13.0. The maximum Gasteiger partial charge on any atom is 0.416 e. The maximum atomic E-state index is 13.1. The van der Waals surface area contributed by atoms with Gasteiger partial charge in [0.2, 0.25) is 12.2 Å². The molecule has 3 aromatic rings. The summed E-state index contributed by atoms with van der Waals surface area (Å²) in [5, 5.41) is 12.0. The first-order valence-corrected chi connectivity index (χ1v) is 11.4. The molecule has 0 spiro atoms. The van der Waals surface area contributed by atoms with E-state index in [1.165, 1.54) is 18.2 Å². The minimum Gasteiger partial charge on any atom is -0.478 e. The van der Waals surface area contributed by atoms with E-state index in [1.807, 2.05) is 0 Å². The SMILES string of the molecule is Cc1cccc(NC(=O)[C@@H](OC(=O)c2cccc(C(F)(F)F)c2)[C@H](OC(=O)c2cccc(C(F)(F)F)c2)C(=O)O)c1. The molecule has 0 saturated heterocycles. The van der Waals surface area contributed by atoms with Gasteiger partial charge in [0.15, 0.2) is 0 Å². The Morgan fingerprint density at radius 3 is 1.61 bits per heavy atom.